The Hall–Kier alpha value is -0.530. The summed E-state index contributed by atoms with van der Waals surface area (Å²) in [5, 5.41) is 9.03. The number of hydrogen-bond donors (Lipinski definition) is 1. The Kier molecular flexibility index (Phi) is 32.2. The number of carboxylic acids is 1. The molecule has 0 radical (unpaired) electrons. The Morgan fingerprint density at radius 2 is 0.632 bits per heavy atom. The molecule has 38 heavy (non-hydrogen) atoms. The SMILES string of the molecule is CCCCCCCCCCCCCCCCCCC(CCCCCCCCCCCCC)CCCC(=O)O. The van der Waals surface area contributed by atoms with Crippen molar-refractivity contribution in [2.45, 2.75) is 219 Å². The second-order valence-electron chi connectivity index (χ2n) is 12.6. The van der Waals surface area contributed by atoms with E-state index in [-0.39, 0.29) is 0 Å². The Morgan fingerprint density at radius 3 is 0.895 bits per heavy atom. The van der Waals surface area contributed by atoms with Crippen LogP contribution >= 0.6 is 0 Å². The van der Waals surface area contributed by atoms with Gasteiger partial charge in [0.15, 0.2) is 0 Å². The maximum atomic E-state index is 11.0. The molecule has 1 unspecified atom stereocenters. The van der Waals surface area contributed by atoms with Crippen LogP contribution in [-0.4, -0.2) is 11.1 Å². The fraction of sp³-hybridized carbons (Fsp3) is 0.972. The van der Waals surface area contributed by atoms with Gasteiger partial charge in [-0.15, -0.1) is 0 Å². The van der Waals surface area contributed by atoms with Crippen LogP contribution in [0.2, 0.25) is 0 Å². The number of rotatable bonds is 33. The van der Waals surface area contributed by atoms with E-state index in [1.165, 1.54) is 186 Å². The molecular weight excluding hydrogens is 464 g/mol. The predicted octanol–water partition coefficient (Wildman–Crippen LogP) is 13.2. The summed E-state index contributed by atoms with van der Waals surface area (Å²) in [5.41, 5.74) is 0. The molecule has 2 nitrogen and oxygen atoms in total. The van der Waals surface area contributed by atoms with Crippen molar-refractivity contribution in [1.29, 1.82) is 0 Å². The lowest BCUT2D eigenvalue weighted by Crippen LogP contribution is -2.03. The van der Waals surface area contributed by atoms with Crippen molar-refractivity contribution >= 4 is 5.97 Å². The van der Waals surface area contributed by atoms with Gasteiger partial charge in [0.1, 0.15) is 0 Å². The van der Waals surface area contributed by atoms with Crippen molar-refractivity contribution in [3.63, 3.8) is 0 Å². The highest BCUT2D eigenvalue weighted by atomic mass is 16.4. The molecule has 0 spiro atoms. The van der Waals surface area contributed by atoms with Crippen LogP contribution in [0.1, 0.15) is 219 Å². The molecule has 1 N–H and O–H groups in total. The summed E-state index contributed by atoms with van der Waals surface area (Å²) >= 11 is 0. The van der Waals surface area contributed by atoms with Gasteiger partial charge < -0.3 is 5.11 Å². The zero-order valence-corrected chi connectivity index (χ0v) is 26.6. The third-order valence-corrected chi connectivity index (χ3v) is 8.68. The molecule has 0 amide bonds. The summed E-state index contributed by atoms with van der Waals surface area (Å²) < 4.78 is 0. The maximum absolute atomic E-state index is 11.0. The quantitative estimate of drug-likeness (QED) is 0.0847. The van der Waals surface area contributed by atoms with Crippen LogP contribution in [0.3, 0.4) is 0 Å². The van der Waals surface area contributed by atoms with E-state index < -0.39 is 5.97 Å². The normalized spacial score (nSPS) is 12.3. The standard InChI is InChI=1S/C36H72O2/c1-3-5-7-9-11-13-15-16-17-18-19-21-23-25-27-29-32-35(33-30-34-36(37)38)31-28-26-24-22-20-14-12-10-8-6-4-2/h35H,3-34H2,1-2H3,(H,37,38). The van der Waals surface area contributed by atoms with Crippen LogP contribution in [0, 0.1) is 5.92 Å². The minimum absolute atomic E-state index is 0.355. The van der Waals surface area contributed by atoms with E-state index in [1.807, 2.05) is 0 Å². The van der Waals surface area contributed by atoms with Gasteiger partial charge in [0, 0.05) is 6.42 Å². The van der Waals surface area contributed by atoms with Gasteiger partial charge in [0.2, 0.25) is 0 Å². The van der Waals surface area contributed by atoms with E-state index in [9.17, 15) is 4.79 Å². The summed E-state index contributed by atoms with van der Waals surface area (Å²) in [4.78, 5) is 11.0. The summed E-state index contributed by atoms with van der Waals surface area (Å²) in [6, 6.07) is 0. The number of unbranched alkanes of at least 4 members (excludes halogenated alkanes) is 25. The molecule has 0 aromatic rings. The minimum atomic E-state index is -0.624. The molecule has 0 fully saturated rings. The highest BCUT2D eigenvalue weighted by Crippen LogP contribution is 2.24. The Morgan fingerprint density at radius 1 is 0.395 bits per heavy atom. The smallest absolute Gasteiger partial charge is 0.303 e. The van der Waals surface area contributed by atoms with Gasteiger partial charge in [-0.25, -0.2) is 0 Å². The van der Waals surface area contributed by atoms with Gasteiger partial charge in [0.05, 0.1) is 0 Å². The average Bonchev–Trinajstić information content (AvgIpc) is 2.90. The zero-order chi connectivity index (χ0) is 27.8. The molecule has 1 atom stereocenters. The Labute approximate surface area is 240 Å². The van der Waals surface area contributed by atoms with Crippen molar-refractivity contribution in [2.24, 2.45) is 5.92 Å². The fourth-order valence-corrected chi connectivity index (χ4v) is 6.05. The fourth-order valence-electron chi connectivity index (χ4n) is 6.05. The zero-order valence-electron chi connectivity index (χ0n) is 26.6. The largest absolute Gasteiger partial charge is 0.481 e. The van der Waals surface area contributed by atoms with E-state index in [2.05, 4.69) is 13.8 Å². The van der Waals surface area contributed by atoms with Gasteiger partial charge >= 0.3 is 5.97 Å². The average molecular weight is 537 g/mol. The topological polar surface area (TPSA) is 37.3 Å². The van der Waals surface area contributed by atoms with Crippen LogP contribution in [0.5, 0.6) is 0 Å². The minimum Gasteiger partial charge on any atom is -0.481 e. The molecule has 0 bridgehead atoms. The predicted molar refractivity (Wildman–Crippen MR) is 170 cm³/mol. The third-order valence-electron chi connectivity index (χ3n) is 8.68. The lowest BCUT2D eigenvalue weighted by atomic mass is 9.90. The summed E-state index contributed by atoms with van der Waals surface area (Å²) in [7, 11) is 0. The first-order chi connectivity index (χ1) is 18.7. The van der Waals surface area contributed by atoms with E-state index in [4.69, 9.17) is 5.11 Å². The summed E-state index contributed by atoms with van der Waals surface area (Å²) in [6.45, 7) is 4.58. The van der Waals surface area contributed by atoms with Crippen LogP contribution in [0.25, 0.3) is 0 Å². The number of aliphatic carboxylic acids is 1. The van der Waals surface area contributed by atoms with E-state index in [1.54, 1.807) is 0 Å². The number of hydrogen-bond acceptors (Lipinski definition) is 1. The van der Waals surface area contributed by atoms with Crippen LogP contribution in [0.4, 0.5) is 0 Å². The highest BCUT2D eigenvalue weighted by molar-refractivity contribution is 5.66. The van der Waals surface area contributed by atoms with Crippen molar-refractivity contribution in [3.05, 3.63) is 0 Å². The first-order valence-electron chi connectivity index (χ1n) is 17.9. The number of carboxylic acid groups (broad SMARTS) is 1. The van der Waals surface area contributed by atoms with Gasteiger partial charge in [-0.1, -0.05) is 200 Å². The monoisotopic (exact) mass is 537 g/mol. The molecule has 0 saturated carbocycles. The molecule has 0 heterocycles. The van der Waals surface area contributed by atoms with Gasteiger partial charge in [0.25, 0.3) is 0 Å². The molecule has 0 saturated heterocycles. The lowest BCUT2D eigenvalue weighted by Gasteiger charge is -2.16. The molecule has 0 aliphatic carbocycles. The molecule has 228 valence electrons. The van der Waals surface area contributed by atoms with Crippen molar-refractivity contribution in [2.75, 3.05) is 0 Å². The van der Waals surface area contributed by atoms with Crippen LogP contribution in [-0.2, 0) is 4.79 Å². The summed E-state index contributed by atoms with van der Waals surface area (Å²) in [6.07, 6.45) is 43.3. The van der Waals surface area contributed by atoms with Crippen molar-refractivity contribution < 1.29 is 9.90 Å². The van der Waals surface area contributed by atoms with Crippen LogP contribution < -0.4 is 0 Å². The molecule has 0 aromatic carbocycles. The van der Waals surface area contributed by atoms with Crippen molar-refractivity contribution in [1.82, 2.24) is 0 Å². The van der Waals surface area contributed by atoms with E-state index in [0.717, 1.165) is 18.8 Å². The van der Waals surface area contributed by atoms with E-state index >= 15 is 0 Å². The molecule has 0 aliphatic rings. The second kappa shape index (κ2) is 32.7. The molecule has 0 rings (SSSR count). The molecule has 0 aliphatic heterocycles. The van der Waals surface area contributed by atoms with E-state index in [0.29, 0.717) is 6.42 Å². The number of carbonyl (C=O) groups is 1. The second-order valence-corrected chi connectivity index (χ2v) is 12.6. The molecule has 2 heteroatoms. The van der Waals surface area contributed by atoms with Gasteiger partial charge in [-0.2, -0.15) is 0 Å². The third kappa shape index (κ3) is 31.7. The van der Waals surface area contributed by atoms with Gasteiger partial charge in [-0.3, -0.25) is 4.79 Å². The Bertz CT molecular complexity index is 447. The maximum Gasteiger partial charge on any atom is 0.303 e. The highest BCUT2D eigenvalue weighted by Gasteiger charge is 2.10. The first-order valence-corrected chi connectivity index (χ1v) is 17.9. The molecular formula is C36H72O2. The lowest BCUT2D eigenvalue weighted by molar-refractivity contribution is -0.137. The van der Waals surface area contributed by atoms with Crippen LogP contribution in [0.15, 0.2) is 0 Å². The molecule has 0 aromatic heterocycles. The summed E-state index contributed by atoms with van der Waals surface area (Å²) in [5.74, 6) is 0.139. The van der Waals surface area contributed by atoms with Gasteiger partial charge in [-0.05, 0) is 18.8 Å². The van der Waals surface area contributed by atoms with Crippen molar-refractivity contribution in [3.8, 4) is 0 Å². The first kappa shape index (κ1) is 37.5. The Balaban J connectivity index is 3.63.